The Hall–Kier alpha value is -3.66. The average Bonchev–Trinajstić information content (AvgIpc) is 2.76. The number of aliphatic carboxylic acids is 1. The van der Waals surface area contributed by atoms with Crippen molar-refractivity contribution in [3.63, 3.8) is 0 Å². The van der Waals surface area contributed by atoms with Crippen molar-refractivity contribution >= 4 is 11.9 Å². The van der Waals surface area contributed by atoms with E-state index in [1.54, 1.807) is 6.92 Å². The molecule has 0 heterocycles. The number of nitrogens with one attached hydrogen (secondary N) is 1. The fraction of sp³-hybridized carbons (Fsp3) is 0.154. The molecule has 0 radical (unpaired) electrons. The molecule has 30 heavy (non-hydrogen) atoms. The third kappa shape index (κ3) is 4.18. The molecule has 4 heteroatoms. The molecule has 1 atom stereocenters. The van der Waals surface area contributed by atoms with Crippen molar-refractivity contribution in [1.82, 2.24) is 5.32 Å². The highest BCUT2D eigenvalue weighted by Crippen LogP contribution is 2.39. The van der Waals surface area contributed by atoms with Gasteiger partial charge in [0, 0.05) is 0 Å². The van der Waals surface area contributed by atoms with Crippen LogP contribution in [-0.4, -0.2) is 23.0 Å². The minimum Gasteiger partial charge on any atom is -0.480 e. The summed E-state index contributed by atoms with van der Waals surface area (Å²) in [5.41, 5.74) is 1.78. The van der Waals surface area contributed by atoms with Gasteiger partial charge in [0.05, 0.1) is 0 Å². The summed E-state index contributed by atoms with van der Waals surface area (Å²) in [5, 5.41) is 12.5. The first kappa shape index (κ1) is 21.1. The van der Waals surface area contributed by atoms with Gasteiger partial charge in [0.1, 0.15) is 11.5 Å². The predicted molar refractivity (Wildman–Crippen MR) is 118 cm³/mol. The number of carbonyl (C=O) groups is 2. The molecule has 152 valence electrons. The molecule has 0 bridgehead atoms. The maximum absolute atomic E-state index is 14.0. The van der Waals surface area contributed by atoms with Crippen LogP contribution in [0.1, 0.15) is 30.0 Å². The first-order valence-corrected chi connectivity index (χ1v) is 9.81. The summed E-state index contributed by atoms with van der Waals surface area (Å²) in [7, 11) is 0. The molecule has 4 nitrogen and oxygen atoms in total. The van der Waals surface area contributed by atoms with Crippen molar-refractivity contribution in [1.29, 1.82) is 0 Å². The Morgan fingerprint density at radius 2 is 1.20 bits per heavy atom. The van der Waals surface area contributed by atoms with Crippen LogP contribution in [0.15, 0.2) is 103 Å². The molecule has 2 N–H and O–H groups in total. The van der Waals surface area contributed by atoms with E-state index in [0.717, 1.165) is 16.7 Å². The molecule has 3 rings (SSSR count). The van der Waals surface area contributed by atoms with Crippen molar-refractivity contribution < 1.29 is 14.7 Å². The van der Waals surface area contributed by atoms with E-state index < -0.39 is 17.4 Å². The number of hydrogen-bond donors (Lipinski definition) is 2. The molecule has 0 saturated heterocycles. The Morgan fingerprint density at radius 1 is 0.833 bits per heavy atom. The van der Waals surface area contributed by atoms with E-state index in [1.807, 2.05) is 91.0 Å². The number of carbonyl (C=O) groups excluding carboxylic acids is 1. The third-order valence-corrected chi connectivity index (χ3v) is 5.12. The summed E-state index contributed by atoms with van der Waals surface area (Å²) in [4.78, 5) is 25.8. The van der Waals surface area contributed by atoms with Crippen molar-refractivity contribution in [3.8, 4) is 0 Å². The van der Waals surface area contributed by atoms with Crippen LogP contribution in [0.4, 0.5) is 0 Å². The van der Waals surface area contributed by atoms with E-state index in [0.29, 0.717) is 5.57 Å². The van der Waals surface area contributed by atoms with Crippen molar-refractivity contribution in [2.45, 2.75) is 24.8 Å². The first-order chi connectivity index (χ1) is 14.5. The molecule has 3 aromatic carbocycles. The Bertz CT molecular complexity index is 917. The lowest BCUT2D eigenvalue weighted by molar-refractivity contribution is -0.142. The molecule has 1 amide bonds. The van der Waals surface area contributed by atoms with Gasteiger partial charge < -0.3 is 10.4 Å². The highest BCUT2D eigenvalue weighted by atomic mass is 16.4. The number of carboxylic acid groups (broad SMARTS) is 1. The van der Waals surface area contributed by atoms with E-state index in [-0.39, 0.29) is 12.3 Å². The number of benzene rings is 3. The van der Waals surface area contributed by atoms with E-state index in [2.05, 4.69) is 11.9 Å². The van der Waals surface area contributed by atoms with Crippen LogP contribution in [0.25, 0.3) is 0 Å². The molecule has 0 aliphatic carbocycles. The zero-order chi connectivity index (χ0) is 21.6. The molecule has 3 aromatic rings. The van der Waals surface area contributed by atoms with Gasteiger partial charge in [0.25, 0.3) is 0 Å². The van der Waals surface area contributed by atoms with Gasteiger partial charge in [-0.2, -0.15) is 0 Å². The number of amides is 1. The topological polar surface area (TPSA) is 66.4 Å². The normalized spacial score (nSPS) is 12.0. The van der Waals surface area contributed by atoms with Crippen molar-refractivity contribution in [2.75, 3.05) is 0 Å². The summed E-state index contributed by atoms with van der Waals surface area (Å²) in [6, 6.07) is 27.3. The van der Waals surface area contributed by atoms with Crippen molar-refractivity contribution in [2.24, 2.45) is 0 Å². The number of rotatable bonds is 8. The molecule has 0 fully saturated rings. The SMILES string of the molecule is C=C(C)C[C@@H](NC(=O)C(c1ccccc1)(c1ccccc1)c1ccccc1)C(=O)O. The van der Waals surface area contributed by atoms with Crippen molar-refractivity contribution in [3.05, 3.63) is 120 Å². The summed E-state index contributed by atoms with van der Waals surface area (Å²) >= 11 is 0. The minimum atomic E-state index is -1.20. The van der Waals surface area contributed by atoms with Gasteiger partial charge in [-0.15, -0.1) is 6.58 Å². The van der Waals surface area contributed by atoms with Gasteiger partial charge in [0.2, 0.25) is 5.91 Å². The largest absolute Gasteiger partial charge is 0.480 e. The third-order valence-electron chi connectivity index (χ3n) is 5.12. The van der Waals surface area contributed by atoms with Crippen LogP contribution in [0.3, 0.4) is 0 Å². The lowest BCUT2D eigenvalue weighted by Gasteiger charge is -2.35. The quantitative estimate of drug-likeness (QED) is 0.431. The first-order valence-electron chi connectivity index (χ1n) is 9.81. The van der Waals surface area contributed by atoms with Crippen LogP contribution in [-0.2, 0) is 15.0 Å². The molecule has 0 saturated carbocycles. The fourth-order valence-corrected chi connectivity index (χ4v) is 3.77. The second kappa shape index (κ2) is 9.23. The molecular weight excluding hydrogens is 374 g/mol. The summed E-state index contributed by atoms with van der Waals surface area (Å²) < 4.78 is 0. The fourth-order valence-electron chi connectivity index (χ4n) is 3.77. The summed E-state index contributed by atoms with van der Waals surface area (Å²) in [6.07, 6.45) is 0.162. The smallest absolute Gasteiger partial charge is 0.326 e. The average molecular weight is 399 g/mol. The Labute approximate surface area is 176 Å². The maximum Gasteiger partial charge on any atom is 0.326 e. The highest BCUT2D eigenvalue weighted by molar-refractivity contribution is 5.98. The lowest BCUT2D eigenvalue weighted by Crippen LogP contribution is -2.52. The monoisotopic (exact) mass is 399 g/mol. The second-order valence-electron chi connectivity index (χ2n) is 7.37. The zero-order valence-electron chi connectivity index (χ0n) is 16.9. The Morgan fingerprint density at radius 3 is 1.50 bits per heavy atom. The van der Waals surface area contributed by atoms with E-state index >= 15 is 0 Å². The summed E-state index contributed by atoms with van der Waals surface area (Å²) in [5.74, 6) is -1.48. The molecule has 0 aliphatic heterocycles. The molecule has 0 unspecified atom stereocenters. The van der Waals surface area contributed by atoms with Crippen LogP contribution in [0.5, 0.6) is 0 Å². The summed E-state index contributed by atoms with van der Waals surface area (Å²) in [6.45, 7) is 5.56. The van der Waals surface area contributed by atoms with E-state index in [4.69, 9.17) is 0 Å². The highest BCUT2D eigenvalue weighted by Gasteiger charge is 2.44. The molecule has 0 aliphatic rings. The van der Waals surface area contributed by atoms with Crippen LogP contribution < -0.4 is 5.32 Å². The number of hydrogen-bond acceptors (Lipinski definition) is 2. The Balaban J connectivity index is 2.24. The standard InChI is InChI=1S/C26H25NO3/c1-19(2)18-23(24(28)29)27-25(30)26(20-12-6-3-7-13-20,21-14-8-4-9-15-21)22-16-10-5-11-17-22/h3-17,23H,1,18H2,2H3,(H,27,30)(H,28,29)/t23-/m1/s1. The van der Waals surface area contributed by atoms with Crippen LogP contribution in [0.2, 0.25) is 0 Å². The van der Waals surface area contributed by atoms with Gasteiger partial charge in [0.15, 0.2) is 0 Å². The van der Waals surface area contributed by atoms with E-state index in [9.17, 15) is 14.7 Å². The molecule has 0 spiro atoms. The van der Waals surface area contributed by atoms with Gasteiger partial charge in [-0.05, 0) is 30.0 Å². The second-order valence-corrected chi connectivity index (χ2v) is 7.37. The Kier molecular flexibility index (Phi) is 6.48. The predicted octanol–water partition coefficient (Wildman–Crippen LogP) is 4.56. The van der Waals surface area contributed by atoms with Gasteiger partial charge >= 0.3 is 5.97 Å². The number of carboxylic acids is 1. The molecular formula is C26H25NO3. The van der Waals surface area contributed by atoms with Gasteiger partial charge in [-0.3, -0.25) is 4.79 Å². The van der Waals surface area contributed by atoms with Gasteiger partial charge in [-0.1, -0.05) is 96.6 Å². The minimum absolute atomic E-state index is 0.162. The van der Waals surface area contributed by atoms with Crippen LogP contribution >= 0.6 is 0 Å². The maximum atomic E-state index is 14.0. The lowest BCUT2D eigenvalue weighted by atomic mass is 9.68. The van der Waals surface area contributed by atoms with E-state index in [1.165, 1.54) is 0 Å². The molecule has 0 aromatic heterocycles. The van der Waals surface area contributed by atoms with Crippen LogP contribution in [0, 0.1) is 0 Å². The zero-order valence-corrected chi connectivity index (χ0v) is 16.9. The van der Waals surface area contributed by atoms with Gasteiger partial charge in [-0.25, -0.2) is 4.79 Å².